The van der Waals surface area contributed by atoms with E-state index in [2.05, 4.69) is 56.4 Å². The summed E-state index contributed by atoms with van der Waals surface area (Å²) in [6.45, 7) is 5.66. The van der Waals surface area contributed by atoms with Gasteiger partial charge >= 0.3 is 0 Å². The van der Waals surface area contributed by atoms with Crippen LogP contribution in [0.25, 0.3) is 21.3 Å². The molecule has 162 valence electrons. The Bertz CT molecular complexity index is 1290. The summed E-state index contributed by atoms with van der Waals surface area (Å²) in [7, 11) is 0. The van der Waals surface area contributed by atoms with E-state index >= 15 is 0 Å². The molecule has 0 radical (unpaired) electrons. The van der Waals surface area contributed by atoms with Crippen LogP contribution >= 0.6 is 34.2 Å². The van der Waals surface area contributed by atoms with Crippen molar-refractivity contribution in [3.05, 3.63) is 59.4 Å². The van der Waals surface area contributed by atoms with Crippen LogP contribution in [0.15, 0.2) is 48.8 Å². The minimum absolute atomic E-state index is 0.205. The first-order chi connectivity index (χ1) is 15.5. The summed E-state index contributed by atoms with van der Waals surface area (Å²) in [6.07, 6.45) is 3.45. The zero-order valence-electron chi connectivity index (χ0n) is 17.3. The molecule has 3 aromatic heterocycles. The van der Waals surface area contributed by atoms with E-state index in [1.807, 2.05) is 37.3 Å². The molecule has 4 heterocycles. The zero-order chi connectivity index (χ0) is 22.1. The highest BCUT2D eigenvalue weighted by atomic mass is 127. The lowest BCUT2D eigenvalue weighted by atomic mass is 10.1. The van der Waals surface area contributed by atoms with Crippen molar-refractivity contribution in [1.82, 2.24) is 23.3 Å². The van der Waals surface area contributed by atoms with Crippen molar-refractivity contribution in [3.63, 3.8) is 0 Å². The van der Waals surface area contributed by atoms with Gasteiger partial charge < -0.3 is 10.2 Å². The van der Waals surface area contributed by atoms with Crippen molar-refractivity contribution in [2.75, 3.05) is 36.4 Å². The lowest BCUT2D eigenvalue weighted by Crippen LogP contribution is -2.42. The number of rotatable bonds is 4. The van der Waals surface area contributed by atoms with Gasteiger partial charge in [0.15, 0.2) is 0 Å². The molecule has 0 spiro atoms. The molecule has 1 aliphatic rings. The highest BCUT2D eigenvalue weighted by Gasteiger charge is 2.18. The molecule has 1 aliphatic heterocycles. The van der Waals surface area contributed by atoms with E-state index in [-0.39, 0.29) is 5.91 Å². The summed E-state index contributed by atoms with van der Waals surface area (Å²) >= 11 is 3.89. The number of anilines is 2. The van der Waals surface area contributed by atoms with Crippen LogP contribution in [0.2, 0.25) is 0 Å². The Balaban J connectivity index is 1.36. The third-order valence-corrected chi connectivity index (χ3v) is 7.15. The topological polar surface area (TPSA) is 87.1 Å². The van der Waals surface area contributed by atoms with E-state index in [9.17, 15) is 4.79 Å². The maximum absolute atomic E-state index is 12.9. The van der Waals surface area contributed by atoms with Crippen molar-refractivity contribution in [1.29, 1.82) is 0 Å². The molecule has 5 rings (SSSR count). The van der Waals surface area contributed by atoms with Crippen molar-refractivity contribution >= 4 is 62.5 Å². The van der Waals surface area contributed by atoms with E-state index in [4.69, 9.17) is 0 Å². The van der Waals surface area contributed by atoms with Crippen LogP contribution < -0.4 is 10.2 Å². The summed E-state index contributed by atoms with van der Waals surface area (Å²) < 4.78 is 2.26. The number of amides is 1. The first-order valence-corrected chi connectivity index (χ1v) is 12.0. The van der Waals surface area contributed by atoms with Gasteiger partial charge in [0, 0.05) is 78.0 Å². The number of piperazine rings is 1. The third-order valence-electron chi connectivity index (χ3n) is 5.29. The fraction of sp³-hybridized carbons (Fsp3) is 0.227. The van der Waals surface area contributed by atoms with Crippen molar-refractivity contribution in [3.8, 4) is 10.6 Å². The summed E-state index contributed by atoms with van der Waals surface area (Å²) in [5, 5.41) is 15.0. The molecular weight excluding hydrogens is 537 g/mol. The maximum Gasteiger partial charge on any atom is 0.257 e. The second kappa shape index (κ2) is 9.04. The smallest absolute Gasteiger partial charge is 0.257 e. The first-order valence-electron chi connectivity index (χ1n) is 10.2. The summed E-state index contributed by atoms with van der Waals surface area (Å²) in [6, 6.07) is 11.5. The van der Waals surface area contributed by atoms with Gasteiger partial charge in [-0.15, -0.1) is 10.2 Å². The summed E-state index contributed by atoms with van der Waals surface area (Å²) in [5.74, 6) is 1.12. The molecule has 1 aromatic carbocycles. The van der Waals surface area contributed by atoms with Crippen LogP contribution in [-0.4, -0.2) is 55.4 Å². The average molecular weight is 557 g/mol. The monoisotopic (exact) mass is 557 g/mol. The standard InChI is InChI=1S/C22H20IN7OS/c1-14-27-28-22(32-14)16-2-3-17-13-25-19(11-18(17)10-16)26-21(31)15-4-5-24-20(12-15)29-6-8-30(23)9-7-29/h2-5,10-13H,6-9H2,1H3,(H,25,26,31). The molecule has 0 saturated carbocycles. The number of hydrogen-bond donors (Lipinski definition) is 1. The first kappa shape index (κ1) is 21.2. The highest BCUT2D eigenvalue weighted by Crippen LogP contribution is 2.27. The molecule has 1 fully saturated rings. The number of fused-ring (bicyclic) bond motifs is 1. The van der Waals surface area contributed by atoms with Gasteiger partial charge in [-0.05, 0) is 36.6 Å². The number of carbonyl (C=O) groups is 1. The number of carbonyl (C=O) groups excluding carboxylic acids is 1. The number of halogens is 1. The normalized spacial score (nSPS) is 14.6. The lowest BCUT2D eigenvalue weighted by molar-refractivity contribution is 0.102. The Morgan fingerprint density at radius 2 is 1.88 bits per heavy atom. The summed E-state index contributed by atoms with van der Waals surface area (Å²) in [4.78, 5) is 24.0. The molecule has 0 bridgehead atoms. The van der Waals surface area contributed by atoms with Crippen LogP contribution in [0.1, 0.15) is 15.4 Å². The molecule has 1 N–H and O–H groups in total. The molecule has 10 heteroatoms. The molecule has 1 saturated heterocycles. The molecule has 32 heavy (non-hydrogen) atoms. The van der Waals surface area contributed by atoms with Crippen molar-refractivity contribution in [2.24, 2.45) is 0 Å². The van der Waals surface area contributed by atoms with Crippen molar-refractivity contribution in [2.45, 2.75) is 6.92 Å². The van der Waals surface area contributed by atoms with Crippen LogP contribution in [0, 0.1) is 6.92 Å². The number of nitrogens with one attached hydrogen (secondary N) is 1. The number of pyridine rings is 2. The molecular formula is C22H20IN7OS. The fourth-order valence-corrected chi connectivity index (χ4v) is 4.71. The van der Waals surface area contributed by atoms with Gasteiger partial charge in [-0.3, -0.25) is 4.79 Å². The third kappa shape index (κ3) is 4.57. The van der Waals surface area contributed by atoms with Crippen LogP contribution in [-0.2, 0) is 0 Å². The Morgan fingerprint density at radius 3 is 2.66 bits per heavy atom. The molecule has 1 amide bonds. The van der Waals surface area contributed by atoms with Gasteiger partial charge in [0.25, 0.3) is 5.91 Å². The second-order valence-corrected chi connectivity index (χ2v) is 10.1. The van der Waals surface area contributed by atoms with E-state index < -0.39 is 0 Å². The Kier molecular flexibility index (Phi) is 5.98. The average Bonchev–Trinajstić information content (AvgIpc) is 3.25. The second-order valence-electron chi connectivity index (χ2n) is 7.51. The number of hydrogen-bond acceptors (Lipinski definition) is 8. The maximum atomic E-state index is 12.9. The molecule has 0 atom stereocenters. The van der Waals surface area contributed by atoms with Gasteiger partial charge in [0.05, 0.1) is 0 Å². The predicted octanol–water partition coefficient (Wildman–Crippen LogP) is 4.18. The van der Waals surface area contributed by atoms with Crippen LogP contribution in [0.3, 0.4) is 0 Å². The number of aromatic nitrogens is 4. The van der Waals surface area contributed by atoms with Gasteiger partial charge in [-0.2, -0.15) is 0 Å². The molecule has 4 aromatic rings. The van der Waals surface area contributed by atoms with Gasteiger partial charge in [-0.1, -0.05) is 23.5 Å². The SMILES string of the molecule is Cc1nnc(-c2ccc3cnc(NC(=O)c4ccnc(N5CCN(I)CC5)c4)cc3c2)s1. The van der Waals surface area contributed by atoms with Crippen LogP contribution in [0.5, 0.6) is 0 Å². The van der Waals surface area contributed by atoms with E-state index in [1.165, 1.54) is 0 Å². The molecule has 0 unspecified atom stereocenters. The van der Waals surface area contributed by atoms with Gasteiger partial charge in [-0.25, -0.2) is 13.1 Å². The van der Waals surface area contributed by atoms with Crippen molar-refractivity contribution < 1.29 is 4.79 Å². The van der Waals surface area contributed by atoms with E-state index in [0.717, 1.165) is 58.3 Å². The molecule has 0 aliphatic carbocycles. The fourth-order valence-electron chi connectivity index (χ4n) is 3.59. The quantitative estimate of drug-likeness (QED) is 0.298. The zero-order valence-corrected chi connectivity index (χ0v) is 20.3. The van der Waals surface area contributed by atoms with Crippen LogP contribution in [0.4, 0.5) is 11.6 Å². The number of benzene rings is 1. The largest absolute Gasteiger partial charge is 0.354 e. The minimum Gasteiger partial charge on any atom is -0.354 e. The number of nitrogens with zero attached hydrogens (tertiary/aromatic N) is 6. The number of aryl methyl sites for hydroxylation is 1. The highest BCUT2D eigenvalue weighted by molar-refractivity contribution is 14.1. The van der Waals surface area contributed by atoms with E-state index in [0.29, 0.717) is 11.4 Å². The lowest BCUT2D eigenvalue weighted by Gasteiger charge is -2.32. The Labute approximate surface area is 203 Å². The Hall–Kier alpha value is -2.70. The minimum atomic E-state index is -0.205. The van der Waals surface area contributed by atoms with Gasteiger partial charge in [0.1, 0.15) is 21.7 Å². The molecule has 8 nitrogen and oxygen atoms in total. The summed E-state index contributed by atoms with van der Waals surface area (Å²) in [5.41, 5.74) is 1.56. The Morgan fingerprint density at radius 1 is 1.03 bits per heavy atom. The van der Waals surface area contributed by atoms with Gasteiger partial charge in [0.2, 0.25) is 0 Å². The predicted molar refractivity (Wildman–Crippen MR) is 135 cm³/mol. The van der Waals surface area contributed by atoms with E-state index in [1.54, 1.807) is 29.8 Å².